The first kappa shape index (κ1) is 14.9. The minimum atomic E-state index is -0.525. The van der Waals surface area contributed by atoms with Crippen molar-refractivity contribution in [3.05, 3.63) is 0 Å². The molecule has 0 aliphatic carbocycles. The summed E-state index contributed by atoms with van der Waals surface area (Å²) in [5.41, 5.74) is 10.5. The Morgan fingerprint density at radius 3 is 2.50 bits per heavy atom. The summed E-state index contributed by atoms with van der Waals surface area (Å²) in [5, 5.41) is 2.62. The van der Waals surface area contributed by atoms with E-state index in [0.717, 1.165) is 0 Å². The highest BCUT2D eigenvalue weighted by atomic mass is 16.5. The van der Waals surface area contributed by atoms with Crippen LogP contribution in [0, 0.1) is 5.92 Å². The standard InChI is InChI=1S/C10H21N3O3/c1-7(2)5-8(11)10(15)13-3-4-16-6-9(12)14/h7-8H,3-6,11H2,1-2H3,(H2,12,14)(H,13,15). The molecule has 5 N–H and O–H groups in total. The average molecular weight is 231 g/mol. The predicted molar refractivity (Wildman–Crippen MR) is 60.5 cm³/mol. The Morgan fingerprint density at radius 2 is 2.00 bits per heavy atom. The van der Waals surface area contributed by atoms with Gasteiger partial charge in [-0.25, -0.2) is 0 Å². The fourth-order valence-electron chi connectivity index (χ4n) is 1.17. The van der Waals surface area contributed by atoms with E-state index in [-0.39, 0.29) is 19.1 Å². The van der Waals surface area contributed by atoms with Crippen molar-refractivity contribution in [3.63, 3.8) is 0 Å². The molecule has 0 saturated carbocycles. The normalized spacial score (nSPS) is 12.5. The molecule has 0 spiro atoms. The maximum atomic E-state index is 11.4. The molecule has 6 heteroatoms. The second-order valence-corrected chi connectivity index (χ2v) is 4.05. The highest BCUT2D eigenvalue weighted by molar-refractivity contribution is 5.81. The Hall–Kier alpha value is -1.14. The van der Waals surface area contributed by atoms with Crippen molar-refractivity contribution >= 4 is 11.8 Å². The summed E-state index contributed by atoms with van der Waals surface area (Å²) in [4.78, 5) is 21.7. The molecule has 0 bridgehead atoms. The Kier molecular flexibility index (Phi) is 7.49. The number of rotatable bonds is 8. The molecule has 0 heterocycles. The number of amides is 2. The first-order chi connectivity index (χ1) is 7.43. The van der Waals surface area contributed by atoms with E-state index in [2.05, 4.69) is 5.32 Å². The molecule has 0 aromatic heterocycles. The zero-order valence-electron chi connectivity index (χ0n) is 9.86. The molecule has 16 heavy (non-hydrogen) atoms. The van der Waals surface area contributed by atoms with Gasteiger partial charge in [-0.1, -0.05) is 13.8 Å². The minimum Gasteiger partial charge on any atom is -0.370 e. The minimum absolute atomic E-state index is 0.131. The molecule has 0 fully saturated rings. The quantitative estimate of drug-likeness (QED) is 0.464. The number of nitrogens with two attached hydrogens (primary N) is 2. The fraction of sp³-hybridized carbons (Fsp3) is 0.800. The van der Waals surface area contributed by atoms with Crippen molar-refractivity contribution < 1.29 is 14.3 Å². The van der Waals surface area contributed by atoms with Crippen LogP contribution in [0.4, 0.5) is 0 Å². The van der Waals surface area contributed by atoms with E-state index in [4.69, 9.17) is 16.2 Å². The van der Waals surface area contributed by atoms with E-state index in [1.165, 1.54) is 0 Å². The molecule has 6 nitrogen and oxygen atoms in total. The lowest BCUT2D eigenvalue weighted by molar-refractivity contribution is -0.123. The molecular formula is C10H21N3O3. The molecule has 0 saturated heterocycles. The molecule has 94 valence electrons. The topological polar surface area (TPSA) is 107 Å². The molecule has 0 aliphatic rings. The Labute approximate surface area is 95.7 Å². The molecule has 1 unspecified atom stereocenters. The van der Waals surface area contributed by atoms with Gasteiger partial charge in [0.25, 0.3) is 0 Å². The number of hydrogen-bond acceptors (Lipinski definition) is 4. The summed E-state index contributed by atoms with van der Waals surface area (Å²) in [7, 11) is 0. The Balaban J connectivity index is 3.53. The Bertz CT molecular complexity index is 231. The lowest BCUT2D eigenvalue weighted by Gasteiger charge is -2.13. The van der Waals surface area contributed by atoms with Gasteiger partial charge in [0.2, 0.25) is 11.8 Å². The summed E-state index contributed by atoms with van der Waals surface area (Å²) < 4.78 is 4.88. The summed E-state index contributed by atoms with van der Waals surface area (Å²) in [6.07, 6.45) is 0.647. The number of carbonyl (C=O) groups is 2. The van der Waals surface area contributed by atoms with Crippen LogP contribution in [0.3, 0.4) is 0 Å². The molecule has 0 aromatic carbocycles. The van der Waals surface area contributed by atoms with Crippen molar-refractivity contribution in [2.24, 2.45) is 17.4 Å². The van der Waals surface area contributed by atoms with Crippen LogP contribution in [0.5, 0.6) is 0 Å². The summed E-state index contributed by atoms with van der Waals surface area (Å²) >= 11 is 0. The lowest BCUT2D eigenvalue weighted by Crippen LogP contribution is -2.42. The third-order valence-electron chi connectivity index (χ3n) is 1.85. The van der Waals surface area contributed by atoms with Crippen molar-refractivity contribution in [2.45, 2.75) is 26.3 Å². The molecule has 2 amide bonds. The molecular weight excluding hydrogens is 210 g/mol. The largest absolute Gasteiger partial charge is 0.370 e. The van der Waals surface area contributed by atoms with Crippen LogP contribution in [0.15, 0.2) is 0 Å². The monoisotopic (exact) mass is 231 g/mol. The SMILES string of the molecule is CC(C)CC(N)C(=O)NCCOCC(N)=O. The van der Waals surface area contributed by atoms with Gasteiger partial charge in [-0.15, -0.1) is 0 Å². The van der Waals surface area contributed by atoms with Gasteiger partial charge in [-0.2, -0.15) is 0 Å². The van der Waals surface area contributed by atoms with Gasteiger partial charge in [-0.05, 0) is 12.3 Å². The van der Waals surface area contributed by atoms with Crippen LogP contribution in [-0.2, 0) is 14.3 Å². The van der Waals surface area contributed by atoms with E-state index in [9.17, 15) is 9.59 Å². The predicted octanol–water partition coefficient (Wildman–Crippen LogP) is -1.02. The number of nitrogens with one attached hydrogen (secondary N) is 1. The molecule has 0 radical (unpaired) electrons. The van der Waals surface area contributed by atoms with Crippen LogP contribution in [-0.4, -0.2) is 37.6 Å². The van der Waals surface area contributed by atoms with E-state index in [0.29, 0.717) is 18.9 Å². The van der Waals surface area contributed by atoms with E-state index in [1.807, 2.05) is 13.8 Å². The number of ether oxygens (including phenoxy) is 1. The van der Waals surface area contributed by atoms with Crippen LogP contribution in [0.2, 0.25) is 0 Å². The van der Waals surface area contributed by atoms with Crippen molar-refractivity contribution in [2.75, 3.05) is 19.8 Å². The van der Waals surface area contributed by atoms with E-state index >= 15 is 0 Å². The summed E-state index contributed by atoms with van der Waals surface area (Å²) in [6.45, 7) is 4.46. The van der Waals surface area contributed by atoms with Crippen LogP contribution in [0.1, 0.15) is 20.3 Å². The first-order valence-electron chi connectivity index (χ1n) is 5.32. The van der Waals surface area contributed by atoms with Gasteiger partial charge in [0.15, 0.2) is 0 Å². The summed E-state index contributed by atoms with van der Waals surface area (Å²) in [5.74, 6) is -0.342. The maximum Gasteiger partial charge on any atom is 0.243 e. The second-order valence-electron chi connectivity index (χ2n) is 4.05. The smallest absolute Gasteiger partial charge is 0.243 e. The second kappa shape index (κ2) is 8.06. The summed E-state index contributed by atoms with van der Waals surface area (Å²) in [6, 6.07) is -0.490. The third kappa shape index (κ3) is 8.19. The van der Waals surface area contributed by atoms with Gasteiger partial charge in [0.1, 0.15) is 6.61 Å². The third-order valence-corrected chi connectivity index (χ3v) is 1.85. The van der Waals surface area contributed by atoms with E-state index in [1.54, 1.807) is 0 Å². The lowest BCUT2D eigenvalue weighted by atomic mass is 10.0. The van der Waals surface area contributed by atoms with Gasteiger partial charge >= 0.3 is 0 Å². The van der Waals surface area contributed by atoms with Crippen LogP contribution >= 0.6 is 0 Å². The van der Waals surface area contributed by atoms with Crippen molar-refractivity contribution in [3.8, 4) is 0 Å². The zero-order valence-corrected chi connectivity index (χ0v) is 9.86. The zero-order chi connectivity index (χ0) is 12.6. The number of hydrogen-bond donors (Lipinski definition) is 3. The highest BCUT2D eigenvalue weighted by Gasteiger charge is 2.13. The molecule has 0 rings (SSSR count). The maximum absolute atomic E-state index is 11.4. The molecule has 1 atom stereocenters. The van der Waals surface area contributed by atoms with E-state index < -0.39 is 11.9 Å². The van der Waals surface area contributed by atoms with Crippen molar-refractivity contribution in [1.82, 2.24) is 5.32 Å². The average Bonchev–Trinajstić information content (AvgIpc) is 2.15. The first-order valence-corrected chi connectivity index (χ1v) is 5.32. The van der Waals surface area contributed by atoms with Crippen molar-refractivity contribution in [1.29, 1.82) is 0 Å². The fourth-order valence-corrected chi connectivity index (χ4v) is 1.17. The highest BCUT2D eigenvalue weighted by Crippen LogP contribution is 2.02. The van der Waals surface area contributed by atoms with Crippen LogP contribution < -0.4 is 16.8 Å². The number of primary amides is 1. The van der Waals surface area contributed by atoms with Gasteiger partial charge < -0.3 is 21.5 Å². The molecule has 0 aromatic rings. The van der Waals surface area contributed by atoms with Gasteiger partial charge in [0.05, 0.1) is 12.6 Å². The van der Waals surface area contributed by atoms with Gasteiger partial charge in [0, 0.05) is 6.54 Å². The number of carbonyl (C=O) groups excluding carboxylic acids is 2. The van der Waals surface area contributed by atoms with Crippen LogP contribution in [0.25, 0.3) is 0 Å². The Morgan fingerprint density at radius 1 is 1.38 bits per heavy atom. The molecule has 0 aliphatic heterocycles. The van der Waals surface area contributed by atoms with Gasteiger partial charge in [-0.3, -0.25) is 9.59 Å².